The second kappa shape index (κ2) is 4.65. The van der Waals surface area contributed by atoms with Gasteiger partial charge >= 0.3 is 0 Å². The van der Waals surface area contributed by atoms with E-state index in [1.807, 2.05) is 31.2 Å². The van der Waals surface area contributed by atoms with Crippen LogP contribution in [0.3, 0.4) is 0 Å². The van der Waals surface area contributed by atoms with Crippen LogP contribution in [0.1, 0.15) is 18.2 Å². The second-order valence-corrected chi connectivity index (χ2v) is 4.97. The van der Waals surface area contributed by atoms with Crippen LogP contribution in [-0.4, -0.2) is 9.97 Å². The Kier molecular flexibility index (Phi) is 2.95. The number of nitrogens with two attached hydrogens (primary N) is 1. The first-order valence-corrected chi connectivity index (χ1v) is 6.33. The van der Waals surface area contributed by atoms with Gasteiger partial charge in [0, 0.05) is 17.8 Å². The average Bonchev–Trinajstić information content (AvgIpc) is 2.47. The third-order valence-corrected chi connectivity index (χ3v) is 3.50. The van der Waals surface area contributed by atoms with Gasteiger partial charge in [-0.2, -0.15) is 0 Å². The Labute approximate surface area is 116 Å². The number of halogens is 1. The predicted octanol–water partition coefficient (Wildman–Crippen LogP) is 2.99. The lowest BCUT2D eigenvalue weighted by Crippen LogP contribution is -2.35. The van der Waals surface area contributed by atoms with Gasteiger partial charge in [0.1, 0.15) is 5.82 Å². The summed E-state index contributed by atoms with van der Waals surface area (Å²) in [5.74, 6) is -0.371. The fourth-order valence-corrected chi connectivity index (χ4v) is 2.39. The number of nitrogens with zero attached hydrogens (tertiary/aromatic N) is 2. The molecule has 0 saturated carbocycles. The van der Waals surface area contributed by atoms with Gasteiger partial charge < -0.3 is 5.73 Å². The number of hydrogen-bond acceptors (Lipinski definition) is 3. The number of rotatable bonds is 2. The smallest absolute Gasteiger partial charge is 0.141 e. The van der Waals surface area contributed by atoms with Crippen LogP contribution in [0, 0.1) is 5.82 Å². The summed E-state index contributed by atoms with van der Waals surface area (Å²) in [5, 5.41) is 2.04. The van der Waals surface area contributed by atoms with Crippen molar-refractivity contribution >= 4 is 10.8 Å². The highest BCUT2D eigenvalue weighted by molar-refractivity contribution is 5.86. The van der Waals surface area contributed by atoms with Gasteiger partial charge in [-0.25, -0.2) is 4.39 Å². The molecule has 0 amide bonds. The van der Waals surface area contributed by atoms with E-state index in [1.165, 1.54) is 12.3 Å². The normalized spacial score (nSPS) is 14.2. The average molecular weight is 267 g/mol. The van der Waals surface area contributed by atoms with Gasteiger partial charge in [-0.3, -0.25) is 9.97 Å². The molecule has 3 nitrogen and oxygen atoms in total. The maximum atomic E-state index is 13.0. The largest absolute Gasteiger partial charge is 0.317 e. The van der Waals surface area contributed by atoms with E-state index in [-0.39, 0.29) is 5.82 Å². The SMILES string of the molecule is CC(N)(c1ccc(F)cn1)c1cccc2ccncc12. The van der Waals surface area contributed by atoms with Gasteiger partial charge in [-0.15, -0.1) is 0 Å². The van der Waals surface area contributed by atoms with Crippen LogP contribution in [0.5, 0.6) is 0 Å². The first kappa shape index (κ1) is 12.7. The van der Waals surface area contributed by atoms with E-state index in [0.717, 1.165) is 16.3 Å². The van der Waals surface area contributed by atoms with Crippen molar-refractivity contribution in [3.05, 3.63) is 72.1 Å². The number of benzene rings is 1. The van der Waals surface area contributed by atoms with E-state index in [4.69, 9.17) is 5.73 Å². The summed E-state index contributed by atoms with van der Waals surface area (Å²) in [6.07, 6.45) is 4.72. The number of fused-ring (bicyclic) bond motifs is 1. The summed E-state index contributed by atoms with van der Waals surface area (Å²) >= 11 is 0. The topological polar surface area (TPSA) is 51.8 Å². The maximum absolute atomic E-state index is 13.0. The van der Waals surface area contributed by atoms with E-state index in [0.29, 0.717) is 5.69 Å². The lowest BCUT2D eigenvalue weighted by molar-refractivity contribution is 0.571. The summed E-state index contributed by atoms with van der Waals surface area (Å²) in [4.78, 5) is 8.27. The van der Waals surface area contributed by atoms with E-state index in [2.05, 4.69) is 9.97 Å². The van der Waals surface area contributed by atoms with Crippen molar-refractivity contribution in [2.75, 3.05) is 0 Å². The Hall–Kier alpha value is -2.33. The van der Waals surface area contributed by atoms with Gasteiger partial charge in [0.05, 0.1) is 17.4 Å². The molecule has 1 atom stereocenters. The van der Waals surface area contributed by atoms with Crippen molar-refractivity contribution in [3.63, 3.8) is 0 Å². The molecule has 0 aliphatic rings. The Bertz CT molecular complexity index is 746. The molecule has 0 fully saturated rings. The second-order valence-electron chi connectivity index (χ2n) is 4.97. The van der Waals surface area contributed by atoms with Gasteiger partial charge in [-0.1, -0.05) is 18.2 Å². The van der Waals surface area contributed by atoms with Crippen molar-refractivity contribution in [1.29, 1.82) is 0 Å². The van der Waals surface area contributed by atoms with E-state index < -0.39 is 5.54 Å². The Morgan fingerprint density at radius 1 is 1.10 bits per heavy atom. The zero-order valence-corrected chi connectivity index (χ0v) is 11.0. The summed E-state index contributed by atoms with van der Waals surface area (Å²) in [7, 11) is 0. The highest BCUT2D eigenvalue weighted by Crippen LogP contribution is 2.30. The summed E-state index contributed by atoms with van der Waals surface area (Å²) < 4.78 is 13.0. The molecule has 0 radical (unpaired) electrons. The highest BCUT2D eigenvalue weighted by atomic mass is 19.1. The molecule has 4 heteroatoms. The fourth-order valence-electron chi connectivity index (χ4n) is 2.39. The van der Waals surface area contributed by atoms with Crippen molar-refractivity contribution in [1.82, 2.24) is 9.97 Å². The van der Waals surface area contributed by atoms with Gasteiger partial charge in [0.15, 0.2) is 0 Å². The summed E-state index contributed by atoms with van der Waals surface area (Å²) in [6.45, 7) is 1.87. The van der Waals surface area contributed by atoms with Crippen LogP contribution in [-0.2, 0) is 5.54 Å². The standard InChI is InChI=1S/C16H14FN3/c1-16(18,15-6-5-12(17)9-20-15)14-4-2-3-11-7-8-19-10-13(11)14/h2-10H,18H2,1H3. The molecule has 0 aliphatic carbocycles. The Morgan fingerprint density at radius 3 is 2.70 bits per heavy atom. The molecule has 3 rings (SSSR count). The first-order valence-electron chi connectivity index (χ1n) is 6.33. The minimum atomic E-state index is -0.809. The Balaban J connectivity index is 2.20. The molecule has 3 aromatic rings. The molecule has 2 aromatic heterocycles. The molecule has 2 heterocycles. The fraction of sp³-hybridized carbons (Fsp3) is 0.125. The van der Waals surface area contributed by atoms with E-state index >= 15 is 0 Å². The van der Waals surface area contributed by atoms with Crippen LogP contribution in [0.2, 0.25) is 0 Å². The zero-order chi connectivity index (χ0) is 14.2. The highest BCUT2D eigenvalue weighted by Gasteiger charge is 2.27. The third kappa shape index (κ3) is 2.04. The van der Waals surface area contributed by atoms with Gasteiger partial charge in [0.2, 0.25) is 0 Å². The molecule has 1 unspecified atom stereocenters. The number of hydrogen-bond donors (Lipinski definition) is 1. The lowest BCUT2D eigenvalue weighted by Gasteiger charge is -2.26. The first-order chi connectivity index (χ1) is 9.59. The molecule has 0 spiro atoms. The monoisotopic (exact) mass is 267 g/mol. The van der Waals surface area contributed by atoms with Gasteiger partial charge in [-0.05, 0) is 36.1 Å². The maximum Gasteiger partial charge on any atom is 0.141 e. The van der Waals surface area contributed by atoms with E-state index in [9.17, 15) is 4.39 Å². The molecule has 0 aliphatic heterocycles. The van der Waals surface area contributed by atoms with Crippen molar-refractivity contribution < 1.29 is 4.39 Å². The van der Waals surface area contributed by atoms with Crippen molar-refractivity contribution in [2.45, 2.75) is 12.5 Å². The molecule has 2 N–H and O–H groups in total. The molecular formula is C16H14FN3. The van der Waals surface area contributed by atoms with Crippen LogP contribution in [0.15, 0.2) is 55.0 Å². The molecule has 0 saturated heterocycles. The van der Waals surface area contributed by atoms with E-state index in [1.54, 1.807) is 18.5 Å². The van der Waals surface area contributed by atoms with Crippen LogP contribution in [0.4, 0.5) is 4.39 Å². The van der Waals surface area contributed by atoms with Crippen LogP contribution in [0.25, 0.3) is 10.8 Å². The number of aromatic nitrogens is 2. The number of pyridine rings is 2. The molecule has 100 valence electrons. The third-order valence-electron chi connectivity index (χ3n) is 3.50. The summed E-state index contributed by atoms with van der Waals surface area (Å²) in [6, 6.07) is 10.8. The lowest BCUT2D eigenvalue weighted by atomic mass is 9.86. The minimum absolute atomic E-state index is 0.371. The quantitative estimate of drug-likeness (QED) is 0.776. The predicted molar refractivity (Wildman–Crippen MR) is 76.6 cm³/mol. The van der Waals surface area contributed by atoms with Gasteiger partial charge in [0.25, 0.3) is 0 Å². The van der Waals surface area contributed by atoms with Crippen LogP contribution < -0.4 is 5.73 Å². The minimum Gasteiger partial charge on any atom is -0.317 e. The Morgan fingerprint density at radius 2 is 1.95 bits per heavy atom. The molecule has 1 aromatic carbocycles. The molecule has 0 bridgehead atoms. The molecule has 20 heavy (non-hydrogen) atoms. The van der Waals surface area contributed by atoms with Crippen LogP contribution >= 0.6 is 0 Å². The van der Waals surface area contributed by atoms with Crippen molar-refractivity contribution in [2.24, 2.45) is 5.73 Å². The zero-order valence-electron chi connectivity index (χ0n) is 11.0. The summed E-state index contributed by atoms with van der Waals surface area (Å²) in [5.41, 5.74) is 7.19. The molecular weight excluding hydrogens is 253 g/mol. The van der Waals surface area contributed by atoms with Crippen molar-refractivity contribution in [3.8, 4) is 0 Å².